The molecule has 10 nitrogen and oxygen atoms in total. The molecule has 2 N–H and O–H groups in total. The molecule has 1 aromatic rings. The zero-order valence-electron chi connectivity index (χ0n) is 15.3. The molecule has 0 spiro atoms. The molecule has 12 heteroatoms. The lowest BCUT2D eigenvalue weighted by atomic mass is 9.91. The summed E-state index contributed by atoms with van der Waals surface area (Å²) in [7, 11) is -3.75. The molecule has 3 fully saturated rings. The normalized spacial score (nSPS) is 32.3. The van der Waals surface area contributed by atoms with Gasteiger partial charge in [0, 0.05) is 50.4 Å². The summed E-state index contributed by atoms with van der Waals surface area (Å²) in [4.78, 5) is 12.6. The second-order valence-electron chi connectivity index (χ2n) is 7.53. The summed E-state index contributed by atoms with van der Waals surface area (Å²) in [5.41, 5.74) is 0. The van der Waals surface area contributed by atoms with Crippen LogP contribution in [-0.2, 0) is 14.8 Å². The van der Waals surface area contributed by atoms with Crippen molar-refractivity contribution in [3.8, 4) is 0 Å². The van der Waals surface area contributed by atoms with Gasteiger partial charge < -0.3 is 15.2 Å². The fraction of sp³-hybridized carbons (Fsp3) is 0.750. The first-order valence-corrected chi connectivity index (χ1v) is 11.6. The fourth-order valence-electron chi connectivity index (χ4n) is 4.32. The Bertz CT molecular complexity index is 817. The van der Waals surface area contributed by atoms with E-state index in [1.807, 2.05) is 0 Å². The average Bonchev–Trinajstić information content (AvgIpc) is 3.14. The Kier molecular flexibility index (Phi) is 5.71. The monoisotopic (exact) mass is 432 g/mol. The van der Waals surface area contributed by atoms with Gasteiger partial charge in [-0.05, 0) is 30.2 Å². The molecular formula is C16H24N4O6S2. The van der Waals surface area contributed by atoms with Crippen LogP contribution in [0, 0.1) is 10.1 Å². The van der Waals surface area contributed by atoms with E-state index in [2.05, 4.69) is 10.2 Å². The van der Waals surface area contributed by atoms with Gasteiger partial charge >= 0.3 is 5.00 Å². The first-order valence-electron chi connectivity index (χ1n) is 9.34. The van der Waals surface area contributed by atoms with Crippen molar-refractivity contribution in [3.63, 3.8) is 0 Å². The minimum absolute atomic E-state index is 0.00575. The SMILES string of the molecule is O=[N+]([O-])c1ccc(S(=O)(=O)N2CCN[C@@H](CN3C4COC[C@@H]3CC(O)C4)C2)s1. The lowest BCUT2D eigenvalue weighted by molar-refractivity contribution is -0.380. The minimum atomic E-state index is -3.75. The number of piperazine rings is 1. The highest BCUT2D eigenvalue weighted by Gasteiger charge is 2.40. The number of morpholine rings is 1. The van der Waals surface area contributed by atoms with Crippen molar-refractivity contribution >= 4 is 26.4 Å². The predicted molar refractivity (Wildman–Crippen MR) is 102 cm³/mol. The number of piperidine rings is 1. The van der Waals surface area contributed by atoms with Crippen molar-refractivity contribution in [1.82, 2.24) is 14.5 Å². The van der Waals surface area contributed by atoms with Crippen LogP contribution in [0.2, 0.25) is 0 Å². The van der Waals surface area contributed by atoms with Crippen LogP contribution in [-0.4, -0.2) is 91.3 Å². The van der Waals surface area contributed by atoms with Gasteiger partial charge in [0.05, 0.1) is 24.2 Å². The van der Waals surface area contributed by atoms with Gasteiger partial charge in [-0.2, -0.15) is 4.31 Å². The molecule has 3 aliphatic heterocycles. The third-order valence-corrected chi connectivity index (χ3v) is 9.01. The number of fused-ring (bicyclic) bond motifs is 2. The van der Waals surface area contributed by atoms with E-state index in [0.717, 1.165) is 0 Å². The predicted octanol–water partition coefficient (Wildman–Crippen LogP) is -0.157. The number of nitro groups is 1. The Morgan fingerprint density at radius 2 is 2.04 bits per heavy atom. The van der Waals surface area contributed by atoms with Crippen LogP contribution in [0.5, 0.6) is 0 Å². The molecule has 1 aromatic heterocycles. The second kappa shape index (κ2) is 7.94. The zero-order chi connectivity index (χ0) is 19.9. The standard InChI is InChI=1S/C16H24N4O6S2/c21-14-5-12-9-26-10-13(6-14)19(12)8-11-7-18(4-3-17-11)28(24,25)16-2-1-15(27-16)20(22)23/h1-2,11-14,17,21H,3-10H2/t11-,12+,13?,14?/m1/s1. The number of hydrogen-bond acceptors (Lipinski definition) is 9. The topological polar surface area (TPSA) is 125 Å². The van der Waals surface area contributed by atoms with Gasteiger partial charge in [-0.15, -0.1) is 0 Å². The molecule has 156 valence electrons. The maximum absolute atomic E-state index is 12.9. The van der Waals surface area contributed by atoms with Crippen LogP contribution in [0.1, 0.15) is 12.8 Å². The first kappa shape index (κ1) is 20.1. The van der Waals surface area contributed by atoms with Crippen molar-refractivity contribution in [2.45, 2.75) is 41.3 Å². The van der Waals surface area contributed by atoms with Gasteiger partial charge in [-0.1, -0.05) is 0 Å². The molecule has 4 atom stereocenters. The van der Waals surface area contributed by atoms with Gasteiger partial charge in [0.1, 0.15) is 4.21 Å². The second-order valence-corrected chi connectivity index (χ2v) is 10.8. The summed E-state index contributed by atoms with van der Waals surface area (Å²) >= 11 is 0.688. The largest absolute Gasteiger partial charge is 0.393 e. The maximum atomic E-state index is 12.9. The van der Waals surface area contributed by atoms with Crippen LogP contribution < -0.4 is 5.32 Å². The van der Waals surface area contributed by atoms with Gasteiger partial charge in [-0.3, -0.25) is 15.0 Å². The van der Waals surface area contributed by atoms with Crippen LogP contribution >= 0.6 is 11.3 Å². The molecule has 0 aliphatic carbocycles. The van der Waals surface area contributed by atoms with E-state index in [4.69, 9.17) is 4.74 Å². The van der Waals surface area contributed by atoms with Crippen LogP contribution in [0.25, 0.3) is 0 Å². The van der Waals surface area contributed by atoms with Gasteiger partial charge in [0.2, 0.25) is 0 Å². The minimum Gasteiger partial charge on any atom is -0.393 e. The number of hydrogen-bond donors (Lipinski definition) is 2. The van der Waals surface area contributed by atoms with E-state index in [1.54, 1.807) is 0 Å². The molecule has 0 radical (unpaired) electrons. The highest BCUT2D eigenvalue weighted by Crippen LogP contribution is 2.31. The van der Waals surface area contributed by atoms with Crippen LogP contribution in [0.15, 0.2) is 16.3 Å². The highest BCUT2D eigenvalue weighted by atomic mass is 32.2. The third-order valence-electron chi connectivity index (χ3n) is 5.64. The van der Waals surface area contributed by atoms with Crippen molar-refractivity contribution < 1.29 is 23.2 Å². The maximum Gasteiger partial charge on any atom is 0.325 e. The highest BCUT2D eigenvalue weighted by molar-refractivity contribution is 7.91. The van der Waals surface area contributed by atoms with Crippen molar-refractivity contribution in [3.05, 3.63) is 22.2 Å². The van der Waals surface area contributed by atoms with Crippen LogP contribution in [0.3, 0.4) is 0 Å². The summed E-state index contributed by atoms with van der Waals surface area (Å²) in [6.45, 7) is 3.02. The number of thiophene rings is 1. The van der Waals surface area contributed by atoms with Crippen molar-refractivity contribution in [2.75, 3.05) is 39.4 Å². The molecular weight excluding hydrogens is 408 g/mol. The lowest BCUT2D eigenvalue weighted by Gasteiger charge is -2.49. The third kappa shape index (κ3) is 3.95. The molecule has 3 aliphatic rings. The fourth-order valence-corrected chi connectivity index (χ4v) is 7.07. The Labute approximate surface area is 167 Å². The smallest absolute Gasteiger partial charge is 0.325 e. The number of aliphatic hydroxyl groups excluding tert-OH is 1. The van der Waals surface area contributed by atoms with Crippen molar-refractivity contribution in [2.24, 2.45) is 0 Å². The summed E-state index contributed by atoms with van der Waals surface area (Å²) in [5, 5.41) is 24.1. The number of aliphatic hydroxyl groups is 1. The zero-order valence-corrected chi connectivity index (χ0v) is 16.9. The van der Waals surface area contributed by atoms with E-state index in [9.17, 15) is 23.6 Å². The quantitative estimate of drug-likeness (QED) is 0.486. The average molecular weight is 433 g/mol. The molecule has 4 heterocycles. The number of nitrogens with one attached hydrogen (secondary N) is 1. The number of nitrogens with zero attached hydrogens (tertiary/aromatic N) is 3. The Morgan fingerprint density at radius 3 is 2.68 bits per heavy atom. The summed E-state index contributed by atoms with van der Waals surface area (Å²) in [6, 6.07) is 2.80. The first-order chi connectivity index (χ1) is 13.3. The van der Waals surface area contributed by atoms with Gasteiger partial charge in [-0.25, -0.2) is 8.42 Å². The van der Waals surface area contributed by atoms with Crippen molar-refractivity contribution in [1.29, 1.82) is 0 Å². The van der Waals surface area contributed by atoms with E-state index in [-0.39, 0.29) is 33.4 Å². The van der Waals surface area contributed by atoms with E-state index in [1.165, 1.54) is 16.4 Å². The molecule has 2 bridgehead atoms. The molecule has 0 amide bonds. The molecule has 4 rings (SSSR count). The van der Waals surface area contributed by atoms with E-state index in [0.29, 0.717) is 63.6 Å². The molecule has 2 unspecified atom stereocenters. The van der Waals surface area contributed by atoms with Gasteiger partial charge in [0.25, 0.3) is 10.0 Å². The number of rotatable bonds is 5. The van der Waals surface area contributed by atoms with Gasteiger partial charge in [0.15, 0.2) is 0 Å². The summed E-state index contributed by atoms with van der Waals surface area (Å²) in [6.07, 6.45) is 1.04. The number of ether oxygens (including phenoxy) is 1. The summed E-state index contributed by atoms with van der Waals surface area (Å²) < 4.78 is 32.9. The lowest BCUT2D eigenvalue weighted by Crippen LogP contribution is -2.63. The number of sulfonamides is 1. The Morgan fingerprint density at radius 1 is 1.32 bits per heavy atom. The molecule has 28 heavy (non-hydrogen) atoms. The van der Waals surface area contributed by atoms with E-state index < -0.39 is 14.9 Å². The molecule has 3 saturated heterocycles. The molecule has 0 saturated carbocycles. The summed E-state index contributed by atoms with van der Waals surface area (Å²) in [5.74, 6) is 0. The van der Waals surface area contributed by atoms with E-state index >= 15 is 0 Å². The Hall–Kier alpha value is -1.15. The molecule has 0 aromatic carbocycles. The Balaban J connectivity index is 1.44. The van der Waals surface area contributed by atoms with Crippen LogP contribution in [0.4, 0.5) is 5.00 Å².